The summed E-state index contributed by atoms with van der Waals surface area (Å²) in [6, 6.07) is 9.79. The molecule has 0 spiro atoms. The maximum absolute atomic E-state index is 14.8. The SMILES string of the molecule is CNC(=O)OCCSc1c(Oc2cccc(C(=N)N)c2)c(F)cc2[nH]ccc12. The molecule has 0 saturated carbocycles. The van der Waals surface area contributed by atoms with Gasteiger partial charge in [-0.3, -0.25) is 5.41 Å². The zero-order valence-corrected chi connectivity index (χ0v) is 15.9. The van der Waals surface area contributed by atoms with Crippen molar-refractivity contribution < 1.29 is 18.7 Å². The molecule has 5 N–H and O–H groups in total. The number of thioether (sulfide) groups is 1. The van der Waals surface area contributed by atoms with Gasteiger partial charge in [0.2, 0.25) is 0 Å². The molecular weight excluding hydrogens is 383 g/mol. The van der Waals surface area contributed by atoms with Crippen LogP contribution in [0.25, 0.3) is 10.9 Å². The maximum Gasteiger partial charge on any atom is 0.406 e. The van der Waals surface area contributed by atoms with Crippen molar-refractivity contribution in [3.8, 4) is 11.5 Å². The predicted octanol–water partition coefficient (Wildman–Crippen LogP) is 3.83. The summed E-state index contributed by atoms with van der Waals surface area (Å²) < 4.78 is 25.6. The van der Waals surface area contributed by atoms with Crippen molar-refractivity contribution in [2.45, 2.75) is 4.90 Å². The minimum atomic E-state index is -0.530. The second-order valence-electron chi connectivity index (χ2n) is 5.73. The Morgan fingerprint density at radius 2 is 2.18 bits per heavy atom. The van der Waals surface area contributed by atoms with E-state index in [1.807, 2.05) is 6.07 Å². The van der Waals surface area contributed by atoms with Crippen molar-refractivity contribution in [2.75, 3.05) is 19.4 Å². The number of amides is 1. The van der Waals surface area contributed by atoms with E-state index in [1.54, 1.807) is 30.5 Å². The summed E-state index contributed by atoms with van der Waals surface area (Å²) in [5.41, 5.74) is 6.63. The van der Waals surface area contributed by atoms with Gasteiger partial charge in [-0.1, -0.05) is 12.1 Å². The summed E-state index contributed by atoms with van der Waals surface area (Å²) in [7, 11) is 1.48. The molecule has 0 aliphatic rings. The Morgan fingerprint density at radius 1 is 1.36 bits per heavy atom. The van der Waals surface area contributed by atoms with Gasteiger partial charge in [-0.05, 0) is 18.2 Å². The quantitative estimate of drug-likeness (QED) is 0.208. The van der Waals surface area contributed by atoms with Gasteiger partial charge in [0, 0.05) is 41.5 Å². The average molecular weight is 402 g/mol. The van der Waals surface area contributed by atoms with Crippen LogP contribution in [0.2, 0.25) is 0 Å². The lowest BCUT2D eigenvalue weighted by atomic mass is 10.2. The monoisotopic (exact) mass is 402 g/mol. The van der Waals surface area contributed by atoms with Gasteiger partial charge in [0.05, 0.1) is 4.90 Å². The second-order valence-corrected chi connectivity index (χ2v) is 6.84. The molecule has 0 radical (unpaired) electrons. The van der Waals surface area contributed by atoms with Crippen LogP contribution in [0.1, 0.15) is 5.56 Å². The third kappa shape index (κ3) is 4.37. The number of carbonyl (C=O) groups is 1. The number of carbonyl (C=O) groups excluding carboxylic acids is 1. The highest BCUT2D eigenvalue weighted by molar-refractivity contribution is 7.99. The number of halogens is 1. The number of nitrogens with two attached hydrogens (primary N) is 1. The van der Waals surface area contributed by atoms with Crippen molar-refractivity contribution in [3.05, 3.63) is 54.0 Å². The number of fused-ring (bicyclic) bond motifs is 1. The first-order valence-corrected chi connectivity index (χ1v) is 9.37. The number of aromatic amines is 1. The Morgan fingerprint density at radius 3 is 2.93 bits per heavy atom. The van der Waals surface area contributed by atoms with E-state index in [0.29, 0.717) is 27.5 Å². The number of H-pyrrole nitrogens is 1. The zero-order chi connectivity index (χ0) is 20.1. The van der Waals surface area contributed by atoms with Crippen LogP contribution in [0.3, 0.4) is 0 Å². The lowest BCUT2D eigenvalue weighted by molar-refractivity contribution is 0.155. The lowest BCUT2D eigenvalue weighted by Crippen LogP contribution is -2.20. The van der Waals surface area contributed by atoms with Gasteiger partial charge in [0.15, 0.2) is 11.6 Å². The van der Waals surface area contributed by atoms with E-state index in [-0.39, 0.29) is 18.2 Å². The number of hydrogen-bond acceptors (Lipinski definition) is 5. The number of ether oxygens (including phenoxy) is 2. The van der Waals surface area contributed by atoms with Crippen LogP contribution in [0, 0.1) is 11.2 Å². The molecule has 0 bridgehead atoms. The number of aromatic nitrogens is 1. The molecule has 3 rings (SSSR count). The van der Waals surface area contributed by atoms with E-state index in [9.17, 15) is 9.18 Å². The number of hydrogen-bond donors (Lipinski definition) is 4. The minimum Gasteiger partial charge on any atom is -0.453 e. The molecule has 0 saturated heterocycles. The van der Waals surface area contributed by atoms with E-state index in [4.69, 9.17) is 20.6 Å². The number of nitrogens with one attached hydrogen (secondary N) is 3. The first-order chi connectivity index (χ1) is 13.5. The fourth-order valence-electron chi connectivity index (χ4n) is 2.56. The summed E-state index contributed by atoms with van der Waals surface area (Å²) >= 11 is 1.32. The molecule has 2 aromatic carbocycles. The molecule has 1 amide bonds. The van der Waals surface area contributed by atoms with E-state index in [0.717, 1.165) is 5.39 Å². The fraction of sp³-hybridized carbons (Fsp3) is 0.158. The number of rotatable bonds is 7. The first-order valence-electron chi connectivity index (χ1n) is 8.39. The molecule has 1 heterocycles. The van der Waals surface area contributed by atoms with Gasteiger partial charge in [-0.2, -0.15) is 0 Å². The van der Waals surface area contributed by atoms with Crippen LogP contribution in [0.5, 0.6) is 11.5 Å². The molecule has 0 aliphatic carbocycles. The number of amidine groups is 1. The van der Waals surface area contributed by atoms with Crippen LogP contribution in [0.4, 0.5) is 9.18 Å². The summed E-state index contributed by atoms with van der Waals surface area (Å²) in [6.07, 6.45) is 1.19. The standard InChI is InChI=1S/C19H19FN4O3S/c1-23-19(25)26-7-8-28-17-13-5-6-24-15(13)10-14(20)16(17)27-12-4-2-3-11(9-12)18(21)22/h2-6,9-10,24H,7-8H2,1H3,(H3,21,22)(H,23,25). The molecular formula is C19H19FN4O3S. The Hall–Kier alpha value is -3.20. The fourth-order valence-corrected chi connectivity index (χ4v) is 3.53. The molecule has 0 unspecified atom stereocenters. The molecule has 7 nitrogen and oxygen atoms in total. The summed E-state index contributed by atoms with van der Waals surface area (Å²) in [6.45, 7) is 0.159. The Balaban J connectivity index is 1.90. The van der Waals surface area contributed by atoms with Gasteiger partial charge in [0.25, 0.3) is 0 Å². The van der Waals surface area contributed by atoms with Crippen molar-refractivity contribution in [2.24, 2.45) is 5.73 Å². The van der Waals surface area contributed by atoms with Crippen LogP contribution in [-0.2, 0) is 4.74 Å². The molecule has 1 aromatic heterocycles. The van der Waals surface area contributed by atoms with Crippen molar-refractivity contribution >= 4 is 34.6 Å². The largest absolute Gasteiger partial charge is 0.453 e. The van der Waals surface area contributed by atoms with Gasteiger partial charge in [-0.25, -0.2) is 9.18 Å². The molecule has 3 aromatic rings. The Kier molecular flexibility index (Phi) is 6.05. The molecule has 28 heavy (non-hydrogen) atoms. The number of alkyl carbamates (subject to hydrolysis) is 1. The molecule has 0 aliphatic heterocycles. The van der Waals surface area contributed by atoms with E-state index in [1.165, 1.54) is 24.9 Å². The third-order valence-corrected chi connectivity index (χ3v) is 4.91. The van der Waals surface area contributed by atoms with Crippen LogP contribution in [0.15, 0.2) is 47.5 Å². The average Bonchev–Trinajstić information content (AvgIpc) is 3.15. The highest BCUT2D eigenvalue weighted by Crippen LogP contribution is 2.40. The van der Waals surface area contributed by atoms with Gasteiger partial charge >= 0.3 is 6.09 Å². The molecule has 146 valence electrons. The van der Waals surface area contributed by atoms with Crippen molar-refractivity contribution in [1.29, 1.82) is 5.41 Å². The summed E-state index contributed by atoms with van der Waals surface area (Å²) in [5, 5.41) is 10.7. The van der Waals surface area contributed by atoms with Crippen molar-refractivity contribution in [1.82, 2.24) is 10.3 Å². The summed E-state index contributed by atoms with van der Waals surface area (Å²) in [4.78, 5) is 14.8. The third-order valence-electron chi connectivity index (χ3n) is 3.85. The number of nitrogen functional groups attached to an aromatic ring is 1. The minimum absolute atomic E-state index is 0.0674. The van der Waals surface area contributed by atoms with Crippen LogP contribution in [-0.4, -0.2) is 36.3 Å². The van der Waals surface area contributed by atoms with Crippen LogP contribution < -0.4 is 15.8 Å². The highest BCUT2D eigenvalue weighted by atomic mass is 32.2. The maximum atomic E-state index is 14.8. The smallest absolute Gasteiger partial charge is 0.406 e. The van der Waals surface area contributed by atoms with Crippen molar-refractivity contribution in [3.63, 3.8) is 0 Å². The van der Waals surface area contributed by atoms with E-state index < -0.39 is 11.9 Å². The van der Waals surface area contributed by atoms with Gasteiger partial charge < -0.3 is 25.5 Å². The normalized spacial score (nSPS) is 10.6. The number of benzene rings is 2. The summed E-state index contributed by atoms with van der Waals surface area (Å²) in [5.74, 6) is 0.217. The predicted molar refractivity (Wildman–Crippen MR) is 107 cm³/mol. The second kappa shape index (κ2) is 8.66. The van der Waals surface area contributed by atoms with E-state index in [2.05, 4.69) is 10.3 Å². The molecule has 0 atom stereocenters. The first kappa shape index (κ1) is 19.6. The Labute approximate surface area is 164 Å². The van der Waals surface area contributed by atoms with E-state index >= 15 is 0 Å². The zero-order valence-electron chi connectivity index (χ0n) is 15.0. The Bertz CT molecular complexity index is 1020. The molecule has 0 fully saturated rings. The lowest BCUT2D eigenvalue weighted by Gasteiger charge is -2.14. The topological polar surface area (TPSA) is 113 Å². The highest BCUT2D eigenvalue weighted by Gasteiger charge is 2.18. The van der Waals surface area contributed by atoms with Crippen LogP contribution >= 0.6 is 11.8 Å². The molecule has 9 heteroatoms. The van der Waals surface area contributed by atoms with Gasteiger partial charge in [-0.15, -0.1) is 11.8 Å². The van der Waals surface area contributed by atoms with Gasteiger partial charge in [0.1, 0.15) is 18.2 Å².